The van der Waals surface area contributed by atoms with Crippen LogP contribution in [0.4, 0.5) is 4.79 Å². The van der Waals surface area contributed by atoms with Gasteiger partial charge in [-0.15, -0.1) is 0 Å². The molecule has 168 valence electrons. The van der Waals surface area contributed by atoms with Crippen LogP contribution >= 0.6 is 0 Å². The molecule has 1 aliphatic carbocycles. The maximum atomic E-state index is 12.4. The molecule has 0 bridgehead atoms. The number of aliphatic carboxylic acids is 1. The lowest BCUT2D eigenvalue weighted by Crippen LogP contribution is -2.40. The molecule has 0 spiro atoms. The standard InChI is InChI=1S/C25H28N2O5/c28-23(27-13-10-17(11-14-27)15-24(29)30)9-12-26-25(31)32-16-22-20-7-3-1-5-18(20)19-6-2-4-8-21(19)22/h1-8,17,22H,9-16H2,(H,26,31)(H,29,30). The van der Waals surface area contributed by atoms with Gasteiger partial charge in [-0.05, 0) is 41.0 Å². The Morgan fingerprint density at radius 1 is 0.969 bits per heavy atom. The van der Waals surface area contributed by atoms with E-state index in [1.807, 2.05) is 24.3 Å². The minimum atomic E-state index is -0.790. The van der Waals surface area contributed by atoms with Crippen molar-refractivity contribution < 1.29 is 24.2 Å². The van der Waals surface area contributed by atoms with Crippen molar-refractivity contribution in [2.75, 3.05) is 26.2 Å². The number of carboxylic acids is 1. The Hall–Kier alpha value is -3.35. The highest BCUT2D eigenvalue weighted by atomic mass is 16.5. The van der Waals surface area contributed by atoms with Crippen LogP contribution in [0.15, 0.2) is 48.5 Å². The van der Waals surface area contributed by atoms with Gasteiger partial charge >= 0.3 is 12.1 Å². The fourth-order valence-electron chi connectivity index (χ4n) is 4.71. The summed E-state index contributed by atoms with van der Waals surface area (Å²) < 4.78 is 5.49. The maximum Gasteiger partial charge on any atom is 0.407 e. The number of rotatable bonds is 7. The zero-order chi connectivity index (χ0) is 22.5. The van der Waals surface area contributed by atoms with Gasteiger partial charge in [0.2, 0.25) is 5.91 Å². The molecule has 1 aliphatic heterocycles. The highest BCUT2D eigenvalue weighted by molar-refractivity contribution is 5.79. The van der Waals surface area contributed by atoms with Gasteiger partial charge in [0.25, 0.3) is 0 Å². The molecule has 0 saturated carbocycles. The molecular formula is C25H28N2O5. The Morgan fingerprint density at radius 3 is 2.16 bits per heavy atom. The first-order chi connectivity index (χ1) is 15.5. The van der Waals surface area contributed by atoms with Crippen LogP contribution in [0.5, 0.6) is 0 Å². The van der Waals surface area contributed by atoms with Crippen LogP contribution in [-0.2, 0) is 14.3 Å². The predicted molar refractivity (Wildman–Crippen MR) is 119 cm³/mol. The number of carboxylic acid groups (broad SMARTS) is 1. The number of likely N-dealkylation sites (tertiary alicyclic amines) is 1. The number of benzene rings is 2. The van der Waals surface area contributed by atoms with E-state index in [0.29, 0.717) is 25.9 Å². The Balaban J connectivity index is 1.21. The van der Waals surface area contributed by atoms with E-state index in [9.17, 15) is 14.4 Å². The SMILES string of the molecule is O=C(O)CC1CCN(C(=O)CCNC(=O)OCC2c3ccccc3-c3ccccc32)CC1. The number of amides is 2. The van der Waals surface area contributed by atoms with Crippen LogP contribution in [0.2, 0.25) is 0 Å². The summed E-state index contributed by atoms with van der Waals surface area (Å²) in [5.74, 6) is -0.683. The summed E-state index contributed by atoms with van der Waals surface area (Å²) in [5, 5.41) is 11.6. The monoisotopic (exact) mass is 436 g/mol. The lowest BCUT2D eigenvalue weighted by Gasteiger charge is -2.31. The van der Waals surface area contributed by atoms with Gasteiger partial charge < -0.3 is 20.1 Å². The zero-order valence-corrected chi connectivity index (χ0v) is 18.0. The number of ether oxygens (including phenoxy) is 1. The molecule has 2 N–H and O–H groups in total. The van der Waals surface area contributed by atoms with Crippen molar-refractivity contribution in [3.8, 4) is 11.1 Å². The zero-order valence-electron chi connectivity index (χ0n) is 18.0. The van der Waals surface area contributed by atoms with Gasteiger partial charge in [-0.25, -0.2) is 4.79 Å². The van der Waals surface area contributed by atoms with E-state index in [0.717, 1.165) is 11.1 Å². The summed E-state index contributed by atoms with van der Waals surface area (Å²) in [6.45, 7) is 1.60. The third kappa shape index (κ3) is 4.93. The molecule has 2 amide bonds. The molecule has 32 heavy (non-hydrogen) atoms. The van der Waals surface area contributed by atoms with Gasteiger partial charge in [-0.2, -0.15) is 0 Å². The molecule has 1 saturated heterocycles. The minimum Gasteiger partial charge on any atom is -0.481 e. The lowest BCUT2D eigenvalue weighted by atomic mass is 9.93. The molecule has 0 radical (unpaired) electrons. The molecular weight excluding hydrogens is 408 g/mol. The van der Waals surface area contributed by atoms with Gasteiger partial charge in [0, 0.05) is 38.4 Å². The van der Waals surface area contributed by atoms with E-state index in [2.05, 4.69) is 29.6 Å². The topological polar surface area (TPSA) is 95.9 Å². The van der Waals surface area contributed by atoms with Crippen LogP contribution in [0.1, 0.15) is 42.7 Å². The van der Waals surface area contributed by atoms with Crippen molar-refractivity contribution in [3.63, 3.8) is 0 Å². The van der Waals surface area contributed by atoms with Crippen molar-refractivity contribution in [2.45, 2.75) is 31.6 Å². The lowest BCUT2D eigenvalue weighted by molar-refractivity contribution is -0.138. The number of carbonyl (C=O) groups excluding carboxylic acids is 2. The molecule has 0 aromatic heterocycles. The van der Waals surface area contributed by atoms with Crippen molar-refractivity contribution in [3.05, 3.63) is 59.7 Å². The second-order valence-corrected chi connectivity index (χ2v) is 8.42. The van der Waals surface area contributed by atoms with Gasteiger partial charge in [0.1, 0.15) is 6.61 Å². The summed E-state index contributed by atoms with van der Waals surface area (Å²) in [7, 11) is 0. The van der Waals surface area contributed by atoms with Crippen molar-refractivity contribution in [1.29, 1.82) is 0 Å². The van der Waals surface area contributed by atoms with Gasteiger partial charge in [0.05, 0.1) is 0 Å². The first-order valence-corrected chi connectivity index (χ1v) is 11.1. The van der Waals surface area contributed by atoms with E-state index in [4.69, 9.17) is 9.84 Å². The largest absolute Gasteiger partial charge is 0.481 e. The summed E-state index contributed by atoms with van der Waals surface area (Å²) in [6.07, 6.45) is 1.24. The van der Waals surface area contributed by atoms with Gasteiger partial charge in [-0.3, -0.25) is 9.59 Å². The highest BCUT2D eigenvalue weighted by Crippen LogP contribution is 2.44. The van der Waals surface area contributed by atoms with Crippen LogP contribution in [-0.4, -0.2) is 54.2 Å². The Labute approximate surface area is 187 Å². The number of piperidine rings is 1. The van der Waals surface area contributed by atoms with E-state index < -0.39 is 12.1 Å². The molecule has 1 heterocycles. The first kappa shape index (κ1) is 21.9. The van der Waals surface area contributed by atoms with E-state index in [1.165, 1.54) is 11.1 Å². The van der Waals surface area contributed by atoms with E-state index in [1.54, 1.807) is 4.90 Å². The molecule has 4 rings (SSSR count). The summed E-state index contributed by atoms with van der Waals surface area (Å²) >= 11 is 0. The summed E-state index contributed by atoms with van der Waals surface area (Å²) in [6, 6.07) is 16.3. The Bertz CT molecular complexity index is 952. The van der Waals surface area contributed by atoms with E-state index >= 15 is 0 Å². The molecule has 0 atom stereocenters. The second-order valence-electron chi connectivity index (χ2n) is 8.42. The number of hydrogen-bond acceptors (Lipinski definition) is 4. The molecule has 1 fully saturated rings. The molecule has 7 heteroatoms. The average molecular weight is 437 g/mol. The smallest absolute Gasteiger partial charge is 0.407 e. The fraction of sp³-hybridized carbons (Fsp3) is 0.400. The number of nitrogens with one attached hydrogen (secondary N) is 1. The predicted octanol–water partition coefficient (Wildman–Crippen LogP) is 3.63. The van der Waals surface area contributed by atoms with Gasteiger partial charge in [0.15, 0.2) is 0 Å². The minimum absolute atomic E-state index is 0.00174. The van der Waals surface area contributed by atoms with Gasteiger partial charge in [-0.1, -0.05) is 48.5 Å². The molecule has 2 aromatic rings. The normalized spacial score (nSPS) is 15.7. The molecule has 2 aromatic carbocycles. The maximum absolute atomic E-state index is 12.4. The quantitative estimate of drug-likeness (QED) is 0.691. The van der Waals surface area contributed by atoms with E-state index in [-0.39, 0.29) is 43.7 Å². The van der Waals surface area contributed by atoms with Crippen LogP contribution in [0.3, 0.4) is 0 Å². The summed E-state index contributed by atoms with van der Waals surface area (Å²) in [5.41, 5.74) is 4.66. The number of nitrogens with zero attached hydrogens (tertiary/aromatic N) is 1. The van der Waals surface area contributed by atoms with Crippen LogP contribution in [0, 0.1) is 5.92 Å². The van der Waals surface area contributed by atoms with Crippen LogP contribution < -0.4 is 5.32 Å². The van der Waals surface area contributed by atoms with Crippen LogP contribution in [0.25, 0.3) is 11.1 Å². The number of hydrogen-bond donors (Lipinski definition) is 2. The molecule has 2 aliphatic rings. The fourth-order valence-corrected chi connectivity index (χ4v) is 4.71. The van der Waals surface area contributed by atoms with Crippen molar-refractivity contribution in [1.82, 2.24) is 10.2 Å². The Morgan fingerprint density at radius 2 is 1.56 bits per heavy atom. The number of alkyl carbamates (subject to hydrolysis) is 1. The summed E-state index contributed by atoms with van der Waals surface area (Å²) in [4.78, 5) is 37.1. The van der Waals surface area contributed by atoms with Crippen molar-refractivity contribution in [2.24, 2.45) is 5.92 Å². The third-order valence-electron chi connectivity index (χ3n) is 6.38. The second kappa shape index (κ2) is 9.85. The molecule has 0 unspecified atom stereocenters. The number of carbonyl (C=O) groups is 3. The molecule has 7 nitrogen and oxygen atoms in total. The first-order valence-electron chi connectivity index (χ1n) is 11.1. The number of fused-ring (bicyclic) bond motifs is 3. The highest BCUT2D eigenvalue weighted by Gasteiger charge is 2.29. The average Bonchev–Trinajstić information content (AvgIpc) is 3.11. The third-order valence-corrected chi connectivity index (χ3v) is 6.38. The van der Waals surface area contributed by atoms with Crippen molar-refractivity contribution >= 4 is 18.0 Å². The Kier molecular flexibility index (Phi) is 6.73.